The summed E-state index contributed by atoms with van der Waals surface area (Å²) in [6, 6.07) is 7.91. The normalized spacial score (nSPS) is 9.95. The zero-order chi connectivity index (χ0) is 15.9. The quantitative estimate of drug-likeness (QED) is 0.446. The van der Waals surface area contributed by atoms with Crippen molar-refractivity contribution in [2.75, 3.05) is 12.4 Å². The van der Waals surface area contributed by atoms with Gasteiger partial charge in [-0.1, -0.05) is 17.7 Å². The molecular weight excluding hydrogens is 308 g/mol. The molecule has 0 aliphatic carbocycles. The van der Waals surface area contributed by atoms with E-state index < -0.39 is 6.03 Å². The molecule has 0 bridgehead atoms. The number of methoxy groups -OCH3 is 1. The van der Waals surface area contributed by atoms with Gasteiger partial charge < -0.3 is 14.8 Å². The first-order valence-corrected chi connectivity index (χ1v) is 6.69. The Hall–Kier alpha value is -2.51. The molecular formula is C14H15ClN4O3. The van der Waals surface area contributed by atoms with E-state index in [1.54, 1.807) is 36.5 Å². The third-order valence-electron chi connectivity index (χ3n) is 2.79. The highest BCUT2D eigenvalue weighted by molar-refractivity contribution is 6.30. The van der Waals surface area contributed by atoms with Crippen LogP contribution < -0.4 is 26.1 Å². The van der Waals surface area contributed by atoms with Gasteiger partial charge in [-0.05, 0) is 18.2 Å². The fraction of sp³-hybridized carbons (Fsp3) is 0.143. The van der Waals surface area contributed by atoms with Gasteiger partial charge in [-0.3, -0.25) is 5.43 Å². The summed E-state index contributed by atoms with van der Waals surface area (Å²) in [5, 5.41) is 3.12. The number of hydrogen-bond acceptors (Lipinski definition) is 5. The maximum absolute atomic E-state index is 11.4. The Labute approximate surface area is 132 Å². The number of nitrogens with two attached hydrogens (primary N) is 1. The average molecular weight is 323 g/mol. The molecule has 0 spiro atoms. The number of anilines is 1. The standard InChI is InChI=1S/C14H15ClN4O3/c1-21-12-4-2-3-11(18-14(20)19-16)10(12)8-22-13-7-9(15)5-6-17-13/h2-7H,8,16H2,1H3,(H2,18,19,20). The molecule has 116 valence electrons. The summed E-state index contributed by atoms with van der Waals surface area (Å²) in [7, 11) is 1.53. The average Bonchev–Trinajstić information content (AvgIpc) is 2.53. The number of rotatable bonds is 5. The molecule has 1 aromatic heterocycles. The van der Waals surface area contributed by atoms with Crippen molar-refractivity contribution in [1.29, 1.82) is 0 Å². The first-order valence-electron chi connectivity index (χ1n) is 6.32. The minimum absolute atomic E-state index is 0.136. The van der Waals surface area contributed by atoms with Crippen LogP contribution in [0, 0.1) is 0 Å². The Balaban J connectivity index is 2.22. The lowest BCUT2D eigenvalue weighted by atomic mass is 10.1. The Morgan fingerprint density at radius 3 is 2.91 bits per heavy atom. The zero-order valence-electron chi connectivity index (χ0n) is 11.8. The Bertz CT molecular complexity index is 666. The van der Waals surface area contributed by atoms with Gasteiger partial charge in [0.25, 0.3) is 0 Å². The van der Waals surface area contributed by atoms with E-state index in [4.69, 9.17) is 26.9 Å². The number of benzene rings is 1. The highest BCUT2D eigenvalue weighted by atomic mass is 35.5. The number of hydrogen-bond donors (Lipinski definition) is 3. The molecule has 2 rings (SSSR count). The highest BCUT2D eigenvalue weighted by Crippen LogP contribution is 2.28. The lowest BCUT2D eigenvalue weighted by molar-refractivity contribution is 0.252. The number of nitrogens with one attached hydrogen (secondary N) is 2. The van der Waals surface area contributed by atoms with Gasteiger partial charge in [-0.2, -0.15) is 0 Å². The van der Waals surface area contributed by atoms with E-state index in [1.807, 2.05) is 5.43 Å². The predicted molar refractivity (Wildman–Crippen MR) is 82.9 cm³/mol. The number of pyridine rings is 1. The van der Waals surface area contributed by atoms with Crippen molar-refractivity contribution in [2.45, 2.75) is 6.61 Å². The minimum atomic E-state index is -0.546. The summed E-state index contributed by atoms with van der Waals surface area (Å²) in [6.07, 6.45) is 1.54. The number of carbonyl (C=O) groups excluding carboxylic acids is 1. The number of halogens is 1. The van der Waals surface area contributed by atoms with Crippen LogP contribution in [-0.4, -0.2) is 18.1 Å². The number of ether oxygens (including phenoxy) is 2. The summed E-state index contributed by atoms with van der Waals surface area (Å²) >= 11 is 5.88. The molecule has 2 aromatic rings. The van der Waals surface area contributed by atoms with E-state index in [0.29, 0.717) is 27.9 Å². The molecule has 0 aliphatic heterocycles. The van der Waals surface area contributed by atoms with Crippen molar-refractivity contribution < 1.29 is 14.3 Å². The van der Waals surface area contributed by atoms with E-state index in [2.05, 4.69) is 10.3 Å². The summed E-state index contributed by atoms with van der Waals surface area (Å²) in [4.78, 5) is 15.4. The van der Waals surface area contributed by atoms with Crippen LogP contribution in [0.25, 0.3) is 0 Å². The molecule has 1 aromatic carbocycles. The number of hydrazine groups is 1. The Morgan fingerprint density at radius 2 is 2.23 bits per heavy atom. The van der Waals surface area contributed by atoms with Crippen LogP contribution in [0.5, 0.6) is 11.6 Å². The second-order valence-electron chi connectivity index (χ2n) is 4.19. The first kappa shape index (κ1) is 15.9. The van der Waals surface area contributed by atoms with Gasteiger partial charge in [0.05, 0.1) is 18.4 Å². The second-order valence-corrected chi connectivity index (χ2v) is 4.62. The lowest BCUT2D eigenvalue weighted by Crippen LogP contribution is -2.34. The van der Waals surface area contributed by atoms with E-state index in [1.165, 1.54) is 7.11 Å². The third-order valence-corrected chi connectivity index (χ3v) is 3.03. The van der Waals surface area contributed by atoms with Crippen molar-refractivity contribution in [2.24, 2.45) is 5.84 Å². The molecule has 7 nitrogen and oxygen atoms in total. The van der Waals surface area contributed by atoms with Crippen LogP contribution in [0.2, 0.25) is 5.02 Å². The summed E-state index contributed by atoms with van der Waals surface area (Å²) in [5.41, 5.74) is 3.16. The molecule has 0 atom stereocenters. The van der Waals surface area contributed by atoms with E-state index in [-0.39, 0.29) is 6.61 Å². The van der Waals surface area contributed by atoms with Gasteiger partial charge in [0, 0.05) is 17.3 Å². The van der Waals surface area contributed by atoms with Crippen molar-refractivity contribution in [3.8, 4) is 11.6 Å². The van der Waals surface area contributed by atoms with E-state index >= 15 is 0 Å². The highest BCUT2D eigenvalue weighted by Gasteiger charge is 2.12. The smallest absolute Gasteiger partial charge is 0.333 e. The zero-order valence-corrected chi connectivity index (χ0v) is 12.6. The van der Waals surface area contributed by atoms with E-state index in [9.17, 15) is 4.79 Å². The Morgan fingerprint density at radius 1 is 1.41 bits per heavy atom. The molecule has 8 heteroatoms. The number of aromatic nitrogens is 1. The number of urea groups is 1. The fourth-order valence-corrected chi connectivity index (χ4v) is 1.94. The molecule has 0 aliphatic rings. The lowest BCUT2D eigenvalue weighted by Gasteiger charge is -2.15. The largest absolute Gasteiger partial charge is 0.496 e. The van der Waals surface area contributed by atoms with Crippen LogP contribution in [-0.2, 0) is 6.61 Å². The van der Waals surface area contributed by atoms with Crippen molar-refractivity contribution in [3.05, 3.63) is 47.1 Å². The van der Waals surface area contributed by atoms with Crippen molar-refractivity contribution in [1.82, 2.24) is 10.4 Å². The van der Waals surface area contributed by atoms with Gasteiger partial charge in [-0.15, -0.1) is 0 Å². The first-order chi connectivity index (χ1) is 10.6. The van der Waals surface area contributed by atoms with Crippen LogP contribution in [0.1, 0.15) is 5.56 Å². The number of amides is 2. The van der Waals surface area contributed by atoms with Crippen LogP contribution in [0.15, 0.2) is 36.5 Å². The predicted octanol–water partition coefficient (Wildman–Crippen LogP) is 2.32. The maximum atomic E-state index is 11.4. The number of carbonyl (C=O) groups is 1. The molecule has 4 N–H and O–H groups in total. The van der Waals surface area contributed by atoms with Crippen LogP contribution >= 0.6 is 11.6 Å². The monoisotopic (exact) mass is 322 g/mol. The summed E-state index contributed by atoms with van der Waals surface area (Å²) in [5.74, 6) is 6.01. The molecule has 22 heavy (non-hydrogen) atoms. The molecule has 1 heterocycles. The molecule has 0 saturated carbocycles. The maximum Gasteiger partial charge on any atom is 0.333 e. The molecule has 0 fully saturated rings. The Kier molecular flexibility index (Phi) is 5.40. The third kappa shape index (κ3) is 4.00. The SMILES string of the molecule is COc1cccc(NC(=O)NN)c1COc1cc(Cl)ccn1. The van der Waals surface area contributed by atoms with Gasteiger partial charge in [0.1, 0.15) is 12.4 Å². The van der Waals surface area contributed by atoms with Crippen LogP contribution in [0.3, 0.4) is 0 Å². The second kappa shape index (κ2) is 7.48. The molecule has 0 radical (unpaired) electrons. The van der Waals surface area contributed by atoms with Gasteiger partial charge in [0.2, 0.25) is 5.88 Å². The van der Waals surface area contributed by atoms with Crippen LogP contribution in [0.4, 0.5) is 10.5 Å². The van der Waals surface area contributed by atoms with E-state index in [0.717, 1.165) is 0 Å². The van der Waals surface area contributed by atoms with Gasteiger partial charge in [0.15, 0.2) is 0 Å². The summed E-state index contributed by atoms with van der Waals surface area (Å²) in [6.45, 7) is 0.136. The minimum Gasteiger partial charge on any atom is -0.496 e. The van der Waals surface area contributed by atoms with Crippen molar-refractivity contribution >= 4 is 23.3 Å². The van der Waals surface area contributed by atoms with Crippen molar-refractivity contribution in [3.63, 3.8) is 0 Å². The molecule has 0 saturated heterocycles. The molecule has 2 amide bonds. The number of nitrogens with zero attached hydrogens (tertiary/aromatic N) is 1. The van der Waals surface area contributed by atoms with Gasteiger partial charge >= 0.3 is 6.03 Å². The molecule has 0 unspecified atom stereocenters. The summed E-state index contributed by atoms with van der Waals surface area (Å²) < 4.78 is 10.9. The van der Waals surface area contributed by atoms with Gasteiger partial charge in [-0.25, -0.2) is 15.6 Å². The topological polar surface area (TPSA) is 98.5 Å². The fourth-order valence-electron chi connectivity index (χ4n) is 1.79.